The van der Waals surface area contributed by atoms with Crippen LogP contribution >= 0.6 is 0 Å². The molecule has 5 nitrogen and oxygen atoms in total. The number of hydrogen-bond donors (Lipinski definition) is 1. The van der Waals surface area contributed by atoms with E-state index in [2.05, 4.69) is 4.98 Å². The molecule has 1 fully saturated rings. The van der Waals surface area contributed by atoms with E-state index >= 15 is 0 Å². The summed E-state index contributed by atoms with van der Waals surface area (Å²) in [4.78, 5) is 18.1. The highest BCUT2D eigenvalue weighted by atomic mass is 19.4. The van der Waals surface area contributed by atoms with Crippen LogP contribution in [0, 0.1) is 5.92 Å². The number of nitrogens with zero attached hydrogens (tertiary/aromatic N) is 3. The van der Waals surface area contributed by atoms with Gasteiger partial charge < -0.3 is 14.6 Å². The molecule has 1 amide bonds. The van der Waals surface area contributed by atoms with Gasteiger partial charge in [-0.05, 0) is 30.9 Å². The van der Waals surface area contributed by atoms with E-state index in [1.165, 1.54) is 23.1 Å². The van der Waals surface area contributed by atoms with Gasteiger partial charge in [-0.15, -0.1) is 0 Å². The second-order valence-electron chi connectivity index (χ2n) is 6.51. The second kappa shape index (κ2) is 7.11. The number of piperidine rings is 1. The maximum atomic E-state index is 13.1. The van der Waals surface area contributed by atoms with Gasteiger partial charge in [0.05, 0.1) is 11.1 Å². The number of carbonyl (C=O) groups is 1. The number of amides is 1. The van der Waals surface area contributed by atoms with Crippen molar-refractivity contribution in [2.45, 2.75) is 25.1 Å². The SMILES string of the molecule is Cn1ccnc1[C@H](O)C1CCN(C(=O)c2ccccc2C(F)(F)F)CC1. The zero-order valence-corrected chi connectivity index (χ0v) is 14.3. The van der Waals surface area contributed by atoms with Crippen LogP contribution in [0.15, 0.2) is 36.7 Å². The molecule has 0 bridgehead atoms. The number of imidazole rings is 1. The summed E-state index contributed by atoms with van der Waals surface area (Å²) in [6.07, 6.45) is -0.966. The first-order valence-electron chi connectivity index (χ1n) is 8.40. The fourth-order valence-electron chi connectivity index (χ4n) is 3.38. The van der Waals surface area contributed by atoms with Crippen molar-refractivity contribution in [3.8, 4) is 0 Å². The van der Waals surface area contributed by atoms with Crippen molar-refractivity contribution in [1.29, 1.82) is 0 Å². The summed E-state index contributed by atoms with van der Waals surface area (Å²) in [6.45, 7) is 0.606. The minimum Gasteiger partial charge on any atom is -0.385 e. The Labute approximate surface area is 149 Å². The Balaban J connectivity index is 1.69. The van der Waals surface area contributed by atoms with Crippen LogP contribution in [0.3, 0.4) is 0 Å². The van der Waals surface area contributed by atoms with Gasteiger partial charge in [0.15, 0.2) is 0 Å². The molecule has 3 rings (SSSR count). The molecule has 0 aliphatic carbocycles. The molecule has 1 saturated heterocycles. The van der Waals surface area contributed by atoms with Gasteiger partial charge in [-0.25, -0.2) is 4.98 Å². The number of hydrogen-bond acceptors (Lipinski definition) is 3. The van der Waals surface area contributed by atoms with E-state index in [-0.39, 0.29) is 11.5 Å². The zero-order chi connectivity index (χ0) is 18.9. The van der Waals surface area contributed by atoms with E-state index in [1.54, 1.807) is 24.0 Å². The lowest BCUT2D eigenvalue weighted by Crippen LogP contribution is -2.40. The highest BCUT2D eigenvalue weighted by molar-refractivity contribution is 5.96. The summed E-state index contributed by atoms with van der Waals surface area (Å²) in [5, 5.41) is 10.5. The molecule has 1 aliphatic heterocycles. The molecule has 8 heteroatoms. The van der Waals surface area contributed by atoms with E-state index in [0.717, 1.165) is 6.07 Å². The van der Waals surface area contributed by atoms with Crippen molar-refractivity contribution in [2.24, 2.45) is 13.0 Å². The number of benzene rings is 1. The monoisotopic (exact) mass is 367 g/mol. The normalized spacial score (nSPS) is 17.3. The lowest BCUT2D eigenvalue weighted by atomic mass is 9.90. The van der Waals surface area contributed by atoms with Crippen LogP contribution in [0.5, 0.6) is 0 Å². The van der Waals surface area contributed by atoms with Gasteiger partial charge in [-0.1, -0.05) is 12.1 Å². The van der Waals surface area contributed by atoms with Gasteiger partial charge >= 0.3 is 6.18 Å². The van der Waals surface area contributed by atoms with Gasteiger partial charge in [0.2, 0.25) is 0 Å². The fourth-order valence-corrected chi connectivity index (χ4v) is 3.38. The summed E-state index contributed by atoms with van der Waals surface area (Å²) >= 11 is 0. The number of halogens is 3. The van der Waals surface area contributed by atoms with Gasteiger partial charge in [0, 0.05) is 32.5 Å². The molecule has 1 atom stereocenters. The van der Waals surface area contributed by atoms with Gasteiger partial charge in [-0.2, -0.15) is 13.2 Å². The van der Waals surface area contributed by atoms with Gasteiger partial charge in [0.1, 0.15) is 11.9 Å². The Kier molecular flexibility index (Phi) is 5.04. The average molecular weight is 367 g/mol. The maximum Gasteiger partial charge on any atom is 0.417 e. The number of aliphatic hydroxyl groups is 1. The Morgan fingerprint density at radius 1 is 1.27 bits per heavy atom. The van der Waals surface area contributed by atoms with E-state index in [9.17, 15) is 23.1 Å². The molecule has 0 radical (unpaired) electrons. The van der Waals surface area contributed by atoms with Crippen molar-refractivity contribution >= 4 is 5.91 Å². The standard InChI is InChI=1S/C18H20F3N3O2/c1-23-11-8-22-16(23)15(25)12-6-9-24(10-7-12)17(26)13-4-2-3-5-14(13)18(19,20)21/h2-5,8,11-12,15,25H,6-7,9-10H2,1H3/t15-/m1/s1. The molecular weight excluding hydrogens is 347 g/mol. The predicted molar refractivity (Wildman–Crippen MR) is 88.2 cm³/mol. The average Bonchev–Trinajstić information content (AvgIpc) is 3.06. The topological polar surface area (TPSA) is 58.4 Å². The highest BCUT2D eigenvalue weighted by Crippen LogP contribution is 2.34. The van der Waals surface area contributed by atoms with Crippen LogP contribution < -0.4 is 0 Å². The van der Waals surface area contributed by atoms with Crippen LogP contribution in [0.4, 0.5) is 13.2 Å². The van der Waals surface area contributed by atoms with E-state index in [4.69, 9.17) is 0 Å². The predicted octanol–water partition coefficient (Wildman–Crippen LogP) is 3.02. The lowest BCUT2D eigenvalue weighted by Gasteiger charge is -2.34. The Bertz CT molecular complexity index is 780. The molecule has 26 heavy (non-hydrogen) atoms. The number of carbonyl (C=O) groups excluding carboxylic acids is 1. The first-order valence-corrected chi connectivity index (χ1v) is 8.40. The van der Waals surface area contributed by atoms with Crippen LogP contribution in [-0.4, -0.2) is 38.6 Å². The minimum atomic E-state index is -4.57. The molecule has 1 aromatic carbocycles. The van der Waals surface area contributed by atoms with Gasteiger partial charge in [-0.3, -0.25) is 4.79 Å². The van der Waals surface area contributed by atoms with Crippen LogP contribution in [0.25, 0.3) is 0 Å². The molecule has 0 unspecified atom stereocenters. The summed E-state index contributed by atoms with van der Waals surface area (Å²) in [5.74, 6) is -0.155. The first kappa shape index (κ1) is 18.4. The third kappa shape index (κ3) is 3.60. The minimum absolute atomic E-state index is 0.0852. The summed E-state index contributed by atoms with van der Waals surface area (Å²) in [7, 11) is 1.79. The quantitative estimate of drug-likeness (QED) is 0.907. The number of aliphatic hydroxyl groups excluding tert-OH is 1. The number of aromatic nitrogens is 2. The molecule has 0 saturated carbocycles. The van der Waals surface area contributed by atoms with Crippen molar-refractivity contribution in [3.05, 3.63) is 53.6 Å². The lowest BCUT2D eigenvalue weighted by molar-refractivity contribution is -0.138. The molecular formula is C18H20F3N3O2. The van der Waals surface area contributed by atoms with Gasteiger partial charge in [0.25, 0.3) is 5.91 Å². The number of aryl methyl sites for hydroxylation is 1. The molecule has 0 spiro atoms. The van der Waals surface area contributed by atoms with Crippen molar-refractivity contribution in [3.63, 3.8) is 0 Å². The zero-order valence-electron chi connectivity index (χ0n) is 14.3. The van der Waals surface area contributed by atoms with E-state index in [1.807, 2.05) is 0 Å². The summed E-state index contributed by atoms with van der Waals surface area (Å²) < 4.78 is 41.1. The smallest absolute Gasteiger partial charge is 0.385 e. The molecule has 2 heterocycles. The summed E-state index contributed by atoms with van der Waals surface area (Å²) in [6, 6.07) is 4.83. The largest absolute Gasteiger partial charge is 0.417 e. The van der Waals surface area contributed by atoms with Crippen LogP contribution in [0.2, 0.25) is 0 Å². The highest BCUT2D eigenvalue weighted by Gasteiger charge is 2.37. The molecule has 140 valence electrons. The maximum absolute atomic E-state index is 13.1. The fraction of sp³-hybridized carbons (Fsp3) is 0.444. The molecule has 1 N–H and O–H groups in total. The summed E-state index contributed by atoms with van der Waals surface area (Å²) in [5.41, 5.74) is -1.25. The second-order valence-corrected chi connectivity index (χ2v) is 6.51. The number of likely N-dealkylation sites (tertiary alicyclic amines) is 1. The van der Waals surface area contributed by atoms with Crippen molar-refractivity contribution in [2.75, 3.05) is 13.1 Å². The molecule has 2 aromatic rings. The van der Waals surface area contributed by atoms with E-state index in [0.29, 0.717) is 31.8 Å². The van der Waals surface area contributed by atoms with Crippen LogP contribution in [0.1, 0.15) is 40.7 Å². The van der Waals surface area contributed by atoms with E-state index < -0.39 is 23.8 Å². The van der Waals surface area contributed by atoms with Crippen molar-refractivity contribution in [1.82, 2.24) is 14.5 Å². The third-order valence-electron chi connectivity index (χ3n) is 4.86. The van der Waals surface area contributed by atoms with Crippen LogP contribution in [-0.2, 0) is 13.2 Å². The Hall–Kier alpha value is -2.35. The Morgan fingerprint density at radius 3 is 2.50 bits per heavy atom. The number of rotatable bonds is 3. The Morgan fingerprint density at radius 2 is 1.92 bits per heavy atom. The van der Waals surface area contributed by atoms with Crippen molar-refractivity contribution < 1.29 is 23.1 Å². The first-order chi connectivity index (χ1) is 12.3. The molecule has 1 aliphatic rings. The molecule has 1 aromatic heterocycles. The third-order valence-corrected chi connectivity index (χ3v) is 4.86. The number of alkyl halides is 3.